The standard InChI is InChI=1S/C14H18N2O2/c17-12-5-6-16(9-12)14(18)11-7-10-3-1-2-4-13(10)15-8-11/h1-4,11-12,15,17H,5-9H2/t11?,12-/m0/s1. The molecule has 2 aliphatic heterocycles. The Morgan fingerprint density at radius 2 is 2.22 bits per heavy atom. The van der Waals surface area contributed by atoms with E-state index < -0.39 is 0 Å². The van der Waals surface area contributed by atoms with E-state index in [9.17, 15) is 9.90 Å². The number of hydrogen-bond donors (Lipinski definition) is 2. The number of nitrogens with zero attached hydrogens (tertiary/aromatic N) is 1. The van der Waals surface area contributed by atoms with Gasteiger partial charge in [0.1, 0.15) is 0 Å². The van der Waals surface area contributed by atoms with Crippen LogP contribution in [0.2, 0.25) is 0 Å². The van der Waals surface area contributed by atoms with E-state index >= 15 is 0 Å². The third-order valence-electron chi connectivity index (χ3n) is 3.85. The molecule has 1 saturated heterocycles. The van der Waals surface area contributed by atoms with Crippen molar-refractivity contribution in [1.29, 1.82) is 0 Å². The van der Waals surface area contributed by atoms with Crippen LogP contribution in [0.25, 0.3) is 0 Å². The summed E-state index contributed by atoms with van der Waals surface area (Å²) in [6.45, 7) is 1.89. The fraction of sp³-hybridized carbons (Fsp3) is 0.500. The van der Waals surface area contributed by atoms with Crippen molar-refractivity contribution in [2.75, 3.05) is 25.0 Å². The molecule has 0 aliphatic carbocycles. The van der Waals surface area contributed by atoms with Crippen molar-refractivity contribution in [3.05, 3.63) is 29.8 Å². The summed E-state index contributed by atoms with van der Waals surface area (Å²) >= 11 is 0. The van der Waals surface area contributed by atoms with Crippen molar-refractivity contribution in [2.24, 2.45) is 5.92 Å². The topological polar surface area (TPSA) is 52.6 Å². The third kappa shape index (κ3) is 2.08. The van der Waals surface area contributed by atoms with Crippen LogP contribution in [0.15, 0.2) is 24.3 Å². The third-order valence-corrected chi connectivity index (χ3v) is 3.85. The van der Waals surface area contributed by atoms with Crippen molar-refractivity contribution < 1.29 is 9.90 Å². The molecule has 2 atom stereocenters. The van der Waals surface area contributed by atoms with E-state index in [1.807, 2.05) is 12.1 Å². The summed E-state index contributed by atoms with van der Waals surface area (Å²) in [5, 5.41) is 12.8. The molecule has 2 heterocycles. The fourth-order valence-corrected chi connectivity index (χ4v) is 2.82. The monoisotopic (exact) mass is 246 g/mol. The molecule has 1 aromatic rings. The molecule has 2 aliphatic rings. The molecule has 1 aromatic carbocycles. The van der Waals surface area contributed by atoms with Crippen LogP contribution in [-0.4, -0.2) is 41.7 Å². The number of amides is 1. The first-order valence-electron chi connectivity index (χ1n) is 6.52. The molecule has 0 bridgehead atoms. The Hall–Kier alpha value is -1.55. The quantitative estimate of drug-likeness (QED) is 0.773. The van der Waals surface area contributed by atoms with Crippen LogP contribution < -0.4 is 5.32 Å². The molecule has 1 amide bonds. The number of benzene rings is 1. The molecule has 0 spiro atoms. The number of aliphatic hydroxyl groups excluding tert-OH is 1. The fourth-order valence-electron chi connectivity index (χ4n) is 2.82. The van der Waals surface area contributed by atoms with Crippen LogP contribution in [-0.2, 0) is 11.2 Å². The molecule has 4 nitrogen and oxygen atoms in total. The summed E-state index contributed by atoms with van der Waals surface area (Å²) in [6, 6.07) is 8.13. The summed E-state index contributed by atoms with van der Waals surface area (Å²) in [4.78, 5) is 14.1. The SMILES string of the molecule is O=C(C1CNc2ccccc2C1)N1CC[C@H](O)C1. The lowest BCUT2D eigenvalue weighted by atomic mass is 9.93. The van der Waals surface area contributed by atoms with E-state index in [2.05, 4.69) is 17.4 Å². The van der Waals surface area contributed by atoms with Gasteiger partial charge in [0, 0.05) is 25.3 Å². The molecule has 96 valence electrons. The van der Waals surface area contributed by atoms with Crippen molar-refractivity contribution in [3.8, 4) is 0 Å². The lowest BCUT2D eigenvalue weighted by Crippen LogP contribution is -2.40. The zero-order valence-corrected chi connectivity index (χ0v) is 10.3. The number of fused-ring (bicyclic) bond motifs is 1. The van der Waals surface area contributed by atoms with Crippen molar-refractivity contribution in [3.63, 3.8) is 0 Å². The van der Waals surface area contributed by atoms with Gasteiger partial charge in [0.15, 0.2) is 0 Å². The van der Waals surface area contributed by atoms with Gasteiger partial charge in [0.2, 0.25) is 5.91 Å². The predicted molar refractivity (Wildman–Crippen MR) is 69.3 cm³/mol. The Labute approximate surface area is 107 Å². The highest BCUT2D eigenvalue weighted by Gasteiger charge is 2.31. The number of para-hydroxylation sites is 1. The minimum Gasteiger partial charge on any atom is -0.391 e. The molecular formula is C14H18N2O2. The Balaban J connectivity index is 1.70. The number of rotatable bonds is 1. The van der Waals surface area contributed by atoms with Gasteiger partial charge in [0.05, 0.1) is 12.0 Å². The Bertz CT molecular complexity index is 461. The average Bonchev–Trinajstić information content (AvgIpc) is 2.84. The van der Waals surface area contributed by atoms with E-state index in [1.54, 1.807) is 4.90 Å². The highest BCUT2D eigenvalue weighted by Crippen LogP contribution is 2.26. The van der Waals surface area contributed by atoms with E-state index in [0.29, 0.717) is 26.1 Å². The first-order valence-corrected chi connectivity index (χ1v) is 6.52. The minimum atomic E-state index is -0.335. The smallest absolute Gasteiger partial charge is 0.227 e. The van der Waals surface area contributed by atoms with Gasteiger partial charge in [-0.05, 0) is 24.5 Å². The highest BCUT2D eigenvalue weighted by atomic mass is 16.3. The van der Waals surface area contributed by atoms with Crippen molar-refractivity contribution >= 4 is 11.6 Å². The second kappa shape index (κ2) is 4.61. The van der Waals surface area contributed by atoms with Gasteiger partial charge in [0.25, 0.3) is 0 Å². The van der Waals surface area contributed by atoms with Crippen molar-refractivity contribution in [2.45, 2.75) is 18.9 Å². The number of carbonyl (C=O) groups excluding carboxylic acids is 1. The Kier molecular flexibility index (Phi) is 2.96. The maximum Gasteiger partial charge on any atom is 0.227 e. The van der Waals surface area contributed by atoms with Gasteiger partial charge in [-0.3, -0.25) is 4.79 Å². The summed E-state index contributed by atoms with van der Waals surface area (Å²) in [6.07, 6.45) is 1.18. The van der Waals surface area contributed by atoms with Crippen molar-refractivity contribution in [1.82, 2.24) is 4.90 Å². The molecule has 1 unspecified atom stereocenters. The lowest BCUT2D eigenvalue weighted by Gasteiger charge is -2.28. The maximum absolute atomic E-state index is 12.3. The molecular weight excluding hydrogens is 228 g/mol. The van der Waals surface area contributed by atoms with Gasteiger partial charge in [-0.25, -0.2) is 0 Å². The number of nitrogens with one attached hydrogen (secondary N) is 1. The zero-order chi connectivity index (χ0) is 12.5. The molecule has 1 fully saturated rings. The second-order valence-corrected chi connectivity index (χ2v) is 5.17. The van der Waals surface area contributed by atoms with Crippen LogP contribution in [0.5, 0.6) is 0 Å². The summed E-state index contributed by atoms with van der Waals surface area (Å²) in [5.41, 5.74) is 2.35. The van der Waals surface area contributed by atoms with Gasteiger partial charge in [-0.1, -0.05) is 18.2 Å². The maximum atomic E-state index is 12.3. The Morgan fingerprint density at radius 1 is 1.39 bits per heavy atom. The summed E-state index contributed by atoms with van der Waals surface area (Å²) in [5.74, 6) is 0.179. The number of likely N-dealkylation sites (tertiary alicyclic amines) is 1. The van der Waals surface area contributed by atoms with Gasteiger partial charge < -0.3 is 15.3 Å². The van der Waals surface area contributed by atoms with Crippen LogP contribution in [0, 0.1) is 5.92 Å². The lowest BCUT2D eigenvalue weighted by molar-refractivity contribution is -0.134. The van der Waals surface area contributed by atoms with Gasteiger partial charge in [-0.15, -0.1) is 0 Å². The molecule has 4 heteroatoms. The number of hydrogen-bond acceptors (Lipinski definition) is 3. The molecule has 0 saturated carbocycles. The van der Waals surface area contributed by atoms with Gasteiger partial charge in [-0.2, -0.15) is 0 Å². The molecule has 0 radical (unpaired) electrons. The van der Waals surface area contributed by atoms with Gasteiger partial charge >= 0.3 is 0 Å². The summed E-state index contributed by atoms with van der Waals surface area (Å²) in [7, 11) is 0. The number of carbonyl (C=O) groups is 1. The highest BCUT2D eigenvalue weighted by molar-refractivity contribution is 5.81. The van der Waals surface area contributed by atoms with E-state index in [4.69, 9.17) is 0 Å². The molecule has 0 aromatic heterocycles. The number of β-amino-alcohol motifs (C(OH)–C–C–N with tert-alkyl or cyclic N) is 1. The van der Waals surface area contributed by atoms with Crippen LogP contribution >= 0.6 is 0 Å². The second-order valence-electron chi connectivity index (χ2n) is 5.17. The predicted octanol–water partition coefficient (Wildman–Crippen LogP) is 0.864. The molecule has 18 heavy (non-hydrogen) atoms. The molecule has 3 rings (SSSR count). The number of anilines is 1. The van der Waals surface area contributed by atoms with Crippen LogP contribution in [0.1, 0.15) is 12.0 Å². The van der Waals surface area contributed by atoms with E-state index in [0.717, 1.165) is 12.1 Å². The first-order chi connectivity index (χ1) is 8.74. The van der Waals surface area contributed by atoms with Crippen LogP contribution in [0.4, 0.5) is 5.69 Å². The number of aliphatic hydroxyl groups is 1. The van der Waals surface area contributed by atoms with E-state index in [-0.39, 0.29) is 17.9 Å². The largest absolute Gasteiger partial charge is 0.391 e. The minimum absolute atomic E-state index is 0.00481. The normalized spacial score (nSPS) is 26.6. The molecule has 2 N–H and O–H groups in total. The Morgan fingerprint density at radius 3 is 3.00 bits per heavy atom. The first kappa shape index (κ1) is 11.5. The zero-order valence-electron chi connectivity index (χ0n) is 10.3. The summed E-state index contributed by atoms with van der Waals surface area (Å²) < 4.78 is 0. The average molecular weight is 246 g/mol. The van der Waals surface area contributed by atoms with Crippen LogP contribution in [0.3, 0.4) is 0 Å². The van der Waals surface area contributed by atoms with E-state index in [1.165, 1.54) is 5.56 Å².